The maximum Gasteiger partial charge on any atom is 0.435 e. The summed E-state index contributed by atoms with van der Waals surface area (Å²) in [6.07, 6.45) is -5.33. The van der Waals surface area contributed by atoms with Crippen molar-refractivity contribution in [1.29, 1.82) is 0 Å². The molecule has 0 aliphatic carbocycles. The van der Waals surface area contributed by atoms with Gasteiger partial charge in [-0.15, -0.1) is 0 Å². The predicted molar refractivity (Wildman–Crippen MR) is 103 cm³/mol. The summed E-state index contributed by atoms with van der Waals surface area (Å²) in [4.78, 5) is 4.99. The van der Waals surface area contributed by atoms with E-state index in [1.54, 1.807) is 25.1 Å². The van der Waals surface area contributed by atoms with Gasteiger partial charge in [0.15, 0.2) is 0 Å². The van der Waals surface area contributed by atoms with E-state index in [4.69, 9.17) is 38.0 Å². The number of nitrogens with zero attached hydrogens (tertiary/aromatic N) is 2. The molecule has 154 valence electrons. The molecule has 0 aromatic heterocycles. The Morgan fingerprint density at radius 2 is 1.86 bits per heavy atom. The Balaban J connectivity index is 2.00. The molecule has 1 unspecified atom stereocenters. The Bertz CT molecular complexity index is 988. The molecule has 1 aliphatic heterocycles. The lowest BCUT2D eigenvalue weighted by Crippen LogP contribution is -2.42. The first-order valence-corrected chi connectivity index (χ1v) is 9.02. The first-order chi connectivity index (χ1) is 13.6. The summed E-state index contributed by atoms with van der Waals surface area (Å²) < 4.78 is 47.1. The summed E-state index contributed by atoms with van der Waals surface area (Å²) in [5.74, 6) is -0.0168. The average Bonchev–Trinajstić information content (AvgIpc) is 3.10. The molecule has 29 heavy (non-hydrogen) atoms. The topological polar surface area (TPSA) is 63.4 Å². The summed E-state index contributed by atoms with van der Waals surface area (Å²) >= 11 is 11.8. The maximum absolute atomic E-state index is 14.1. The molecule has 0 fully saturated rings. The lowest BCUT2D eigenvalue weighted by Gasteiger charge is -2.29. The standard InChI is InChI=1S/C19H15Cl2F3N2O3/c1-10-5-11(3-4-15(10)17(25-27)28-2)16-9-18(29-26-16,19(22,23)24)12-6-13(20)8-14(21)7-12/h3-8,27H,9H2,1-2H3. The largest absolute Gasteiger partial charge is 0.479 e. The smallest absolute Gasteiger partial charge is 0.435 e. The van der Waals surface area contributed by atoms with Crippen molar-refractivity contribution >= 4 is 34.8 Å². The number of methoxy groups -OCH3 is 1. The lowest BCUT2D eigenvalue weighted by molar-refractivity contribution is -0.275. The summed E-state index contributed by atoms with van der Waals surface area (Å²) in [5, 5.41) is 15.9. The number of benzene rings is 2. The zero-order valence-electron chi connectivity index (χ0n) is 15.2. The van der Waals surface area contributed by atoms with Crippen LogP contribution in [0.2, 0.25) is 10.0 Å². The van der Waals surface area contributed by atoms with Gasteiger partial charge in [-0.25, -0.2) is 0 Å². The Labute approximate surface area is 174 Å². The Morgan fingerprint density at radius 1 is 1.21 bits per heavy atom. The minimum absolute atomic E-state index is 0.0168. The van der Waals surface area contributed by atoms with E-state index in [2.05, 4.69) is 10.3 Å². The van der Waals surface area contributed by atoms with Gasteiger partial charge in [-0.05, 0) is 53.5 Å². The summed E-state index contributed by atoms with van der Waals surface area (Å²) in [6.45, 7) is 1.70. The molecular weight excluding hydrogens is 432 g/mol. The molecular formula is C19H15Cl2F3N2O3. The highest BCUT2D eigenvalue weighted by atomic mass is 35.5. The molecule has 0 amide bonds. The maximum atomic E-state index is 14.1. The van der Waals surface area contributed by atoms with Crippen molar-refractivity contribution in [3.8, 4) is 0 Å². The van der Waals surface area contributed by atoms with Crippen molar-refractivity contribution in [2.75, 3.05) is 7.11 Å². The molecule has 1 N–H and O–H groups in total. The Morgan fingerprint density at radius 3 is 2.38 bits per heavy atom. The fourth-order valence-corrected chi connectivity index (χ4v) is 3.66. The molecule has 0 spiro atoms. The van der Waals surface area contributed by atoms with Gasteiger partial charge in [0, 0.05) is 27.6 Å². The van der Waals surface area contributed by atoms with Crippen LogP contribution in [0.25, 0.3) is 0 Å². The number of aryl methyl sites for hydroxylation is 1. The zero-order chi connectivity index (χ0) is 21.4. The van der Waals surface area contributed by atoms with E-state index >= 15 is 0 Å². The van der Waals surface area contributed by atoms with Crippen LogP contribution < -0.4 is 0 Å². The second-order valence-electron chi connectivity index (χ2n) is 6.43. The molecule has 0 bridgehead atoms. The van der Waals surface area contributed by atoms with Gasteiger partial charge < -0.3 is 14.8 Å². The van der Waals surface area contributed by atoms with E-state index in [9.17, 15) is 13.2 Å². The van der Waals surface area contributed by atoms with Crippen molar-refractivity contribution in [3.05, 3.63) is 68.7 Å². The van der Waals surface area contributed by atoms with Crippen molar-refractivity contribution in [2.24, 2.45) is 10.3 Å². The normalized spacial score (nSPS) is 19.7. The van der Waals surface area contributed by atoms with Gasteiger partial charge in [0.05, 0.1) is 12.8 Å². The van der Waals surface area contributed by atoms with Crippen molar-refractivity contribution < 1.29 is 28.0 Å². The van der Waals surface area contributed by atoms with Crippen LogP contribution in [-0.4, -0.2) is 30.1 Å². The highest BCUT2D eigenvalue weighted by molar-refractivity contribution is 6.34. The van der Waals surface area contributed by atoms with Gasteiger partial charge in [-0.1, -0.05) is 34.4 Å². The highest BCUT2D eigenvalue weighted by Crippen LogP contribution is 2.49. The van der Waals surface area contributed by atoms with E-state index in [-0.39, 0.29) is 27.2 Å². The lowest BCUT2D eigenvalue weighted by atomic mass is 9.86. The molecule has 0 radical (unpaired) electrons. The highest BCUT2D eigenvalue weighted by Gasteiger charge is 2.62. The van der Waals surface area contributed by atoms with Gasteiger partial charge in [-0.2, -0.15) is 13.2 Å². The third-order valence-electron chi connectivity index (χ3n) is 4.59. The third kappa shape index (κ3) is 3.86. The van der Waals surface area contributed by atoms with Gasteiger partial charge >= 0.3 is 6.18 Å². The second-order valence-corrected chi connectivity index (χ2v) is 7.30. The van der Waals surface area contributed by atoms with Gasteiger partial charge in [-0.3, -0.25) is 0 Å². The van der Waals surface area contributed by atoms with Crippen LogP contribution in [0.1, 0.15) is 28.7 Å². The number of hydrogen-bond acceptors (Lipinski definition) is 5. The molecule has 1 atom stereocenters. The zero-order valence-corrected chi connectivity index (χ0v) is 16.7. The minimum Gasteiger partial charge on any atom is -0.479 e. The molecule has 1 aliphatic rings. The predicted octanol–water partition coefficient (Wildman–Crippen LogP) is 5.67. The quantitative estimate of drug-likeness (QED) is 0.286. The molecule has 0 saturated carbocycles. The van der Waals surface area contributed by atoms with E-state index in [0.717, 1.165) is 12.1 Å². The van der Waals surface area contributed by atoms with Crippen LogP contribution in [0.4, 0.5) is 13.2 Å². The Hall–Kier alpha value is -2.45. The van der Waals surface area contributed by atoms with Gasteiger partial charge in [0.2, 0.25) is 0 Å². The number of alkyl halides is 3. The number of oxime groups is 2. The fraction of sp³-hybridized carbons (Fsp3) is 0.263. The van der Waals surface area contributed by atoms with Crippen LogP contribution in [-0.2, 0) is 15.2 Å². The molecule has 2 aromatic carbocycles. The van der Waals surface area contributed by atoms with E-state index < -0.39 is 18.2 Å². The summed E-state index contributed by atoms with van der Waals surface area (Å²) in [5.41, 5.74) is -1.29. The molecule has 3 rings (SSSR count). The van der Waals surface area contributed by atoms with Crippen LogP contribution >= 0.6 is 23.2 Å². The summed E-state index contributed by atoms with van der Waals surface area (Å²) in [6, 6.07) is 8.39. The molecule has 0 saturated heterocycles. The number of rotatable bonds is 3. The average molecular weight is 447 g/mol. The van der Waals surface area contributed by atoms with Crippen molar-refractivity contribution in [1.82, 2.24) is 0 Å². The van der Waals surface area contributed by atoms with Crippen molar-refractivity contribution in [3.63, 3.8) is 0 Å². The van der Waals surface area contributed by atoms with E-state index in [1.807, 2.05) is 0 Å². The van der Waals surface area contributed by atoms with Crippen LogP contribution in [0.15, 0.2) is 46.7 Å². The van der Waals surface area contributed by atoms with E-state index in [0.29, 0.717) is 16.7 Å². The van der Waals surface area contributed by atoms with Gasteiger partial charge in [0.1, 0.15) is 0 Å². The SMILES string of the molecule is COC(=NO)c1ccc(C2=NOC(c3cc(Cl)cc(Cl)c3)(C(F)(F)F)C2)cc1C. The second kappa shape index (κ2) is 7.76. The minimum atomic E-state index is -4.77. The first-order valence-electron chi connectivity index (χ1n) is 8.27. The number of hydrogen-bond donors (Lipinski definition) is 1. The Kier molecular flexibility index (Phi) is 5.69. The molecule has 5 nitrogen and oxygen atoms in total. The molecule has 2 aromatic rings. The first kappa shape index (κ1) is 21.3. The molecule has 10 heteroatoms. The van der Waals surface area contributed by atoms with Crippen LogP contribution in [0.5, 0.6) is 0 Å². The third-order valence-corrected chi connectivity index (χ3v) is 5.03. The fourth-order valence-electron chi connectivity index (χ4n) is 3.13. The number of halogens is 5. The molecule has 1 heterocycles. The van der Waals surface area contributed by atoms with Gasteiger partial charge in [0.25, 0.3) is 11.5 Å². The number of ether oxygens (including phenoxy) is 1. The van der Waals surface area contributed by atoms with Crippen LogP contribution in [0, 0.1) is 6.92 Å². The van der Waals surface area contributed by atoms with Crippen LogP contribution in [0.3, 0.4) is 0 Å². The summed E-state index contributed by atoms with van der Waals surface area (Å²) in [7, 11) is 1.34. The monoisotopic (exact) mass is 446 g/mol. The van der Waals surface area contributed by atoms with E-state index in [1.165, 1.54) is 13.2 Å². The van der Waals surface area contributed by atoms with Crippen molar-refractivity contribution in [2.45, 2.75) is 25.1 Å².